The molecule has 27 heteroatoms. The minimum atomic E-state index is -1.61. The van der Waals surface area contributed by atoms with Crippen molar-refractivity contribution < 1.29 is 63.0 Å². The van der Waals surface area contributed by atoms with Crippen LogP contribution in [0.4, 0.5) is 0 Å². The smallest absolute Gasteiger partial charge is 0.255 e. The molecule has 0 saturated carbocycles. The van der Waals surface area contributed by atoms with Crippen LogP contribution in [-0.2, 0) is 54.8 Å². The van der Waals surface area contributed by atoms with Crippen molar-refractivity contribution in [1.82, 2.24) is 55.5 Å². The number of nitrogens with one attached hydrogen (secondary N) is 2. The third kappa shape index (κ3) is 17.7. The van der Waals surface area contributed by atoms with Crippen LogP contribution >= 0.6 is 34.0 Å². The number of hydrogen-bond donors (Lipinski definition) is 6. The molecule has 9 atom stereocenters. The van der Waals surface area contributed by atoms with E-state index in [0.29, 0.717) is 60.8 Å². The predicted molar refractivity (Wildman–Crippen MR) is 397 cm³/mol. The number of likely N-dealkylation sites (tertiary alicyclic amines) is 3. The number of ketones is 1. The minimum absolute atomic E-state index is 0.0223. The number of fused-ring (bicyclic) bond motifs is 1. The molecule has 105 heavy (non-hydrogen) atoms. The van der Waals surface area contributed by atoms with Crippen LogP contribution < -0.4 is 10.6 Å². The van der Waals surface area contributed by atoms with Gasteiger partial charge in [-0.3, -0.25) is 33.6 Å². The van der Waals surface area contributed by atoms with Crippen LogP contribution in [0, 0.1) is 40.5 Å². The fraction of sp³-hybridized carbons (Fsp3) is 0.410. The fourth-order valence-electron chi connectivity index (χ4n) is 14.0. The molecule has 3 fully saturated rings. The molecule has 0 spiro atoms. The Morgan fingerprint density at radius 1 is 0.610 bits per heavy atom. The molecule has 3 saturated heterocycles. The van der Waals surface area contributed by atoms with Gasteiger partial charge in [-0.25, -0.2) is 15.0 Å². The van der Waals surface area contributed by atoms with Gasteiger partial charge in [-0.15, -0.1) is 34.0 Å². The molecule has 4 aromatic carbocycles. The standard InChI is InChI=1S/C30H34N4O5S.C25H29N3O4S.C23H26N4O4S/c1-18(2)25(33-14-22-6-4-5-7-23(22)28(33)37)29(38)34-15-30(39,16-35)12-24(34)27(36)31-13-20-8-10-21(11-9-20)26-19(3)32-17-40-26;1-4-20(23-11-15(2)27-32-23)25(31)28-13-19(29)12-21(28)22(30)10-7-17-5-8-18(9-6-17)24-16(3)26-14-33-24;1-13-8-20(31-26-13)14(2)23(30)27-11-18(28)9-19(27)22(29)24-10-16-4-6-17(7-5-16)21-15(3)25-12-32-21/h4-11,17-18,24-25,35,39H,12-16H2,1-3H3,(H,31,36);5-6,8-9,11,14,19-21,29H,4,7,10,12-13H2,1-3H3;4-8,12,14,18-19,28H,9-11H2,1-3H3,(H,24,29)/t24-,25-,30-;19-,20-,21+;14-,18+,19-/m010/s1. The first-order valence-electron chi connectivity index (χ1n) is 35.2. The number of β-amino-alcohol motifs (C(OH)–C–C–N with tert-alkyl or cyclic N) is 3. The summed E-state index contributed by atoms with van der Waals surface area (Å²) in [4.78, 5) is 115. The molecule has 6 N–H and O–H groups in total. The largest absolute Gasteiger partial charge is 0.393 e. The van der Waals surface area contributed by atoms with Crippen LogP contribution in [0.1, 0.15) is 144 Å². The third-order valence-electron chi connectivity index (χ3n) is 19.8. The molecule has 13 rings (SSSR count). The van der Waals surface area contributed by atoms with E-state index in [0.717, 1.165) is 70.7 Å². The van der Waals surface area contributed by atoms with Gasteiger partial charge < -0.3 is 59.7 Å². The van der Waals surface area contributed by atoms with Crippen LogP contribution in [-0.4, -0.2) is 175 Å². The number of aryl methyl sites for hydroxylation is 6. The van der Waals surface area contributed by atoms with Gasteiger partial charge in [0, 0.05) is 76.1 Å². The summed E-state index contributed by atoms with van der Waals surface area (Å²) in [7, 11) is 0. The Bertz CT molecular complexity index is 4550. The summed E-state index contributed by atoms with van der Waals surface area (Å²) in [5, 5.41) is 54.7. The molecule has 0 radical (unpaired) electrons. The zero-order chi connectivity index (χ0) is 75.0. The van der Waals surface area contributed by atoms with Crippen LogP contribution in [0.3, 0.4) is 0 Å². The SMILES string of the molecule is CC[C@@H](C(=O)N1C[C@H](O)C[C@H]1C(=O)CCc1ccc(-c2scnc2C)cc1)c1cc(C)no1.Cc1cc([C@H](C)C(=O)N2C[C@H](O)C[C@H]2C(=O)NCc2ccc(-c3scnc3C)cc2)on1.Cc1ncsc1-c1ccc(CNC(=O)[C@@H]2C[C@@](O)(CO)CN2C(=O)[C@H](C(C)C)N2Cc3ccccc3C2=O)cc1. The predicted octanol–water partition coefficient (Wildman–Crippen LogP) is 9.61. The Morgan fingerprint density at radius 2 is 1.09 bits per heavy atom. The minimum Gasteiger partial charge on any atom is -0.393 e. The number of amides is 6. The number of benzene rings is 4. The number of rotatable bonds is 22. The van der Waals surface area contributed by atoms with E-state index in [1.165, 1.54) is 14.7 Å². The van der Waals surface area contributed by atoms with E-state index in [2.05, 4.69) is 48.0 Å². The van der Waals surface area contributed by atoms with Crippen LogP contribution in [0.25, 0.3) is 31.3 Å². The summed E-state index contributed by atoms with van der Waals surface area (Å²) in [5.74, 6) is -2.18. The molecular formula is C78H89N11O13S3. The number of nitrogens with zero attached hydrogens (tertiary/aromatic N) is 9. The molecule has 4 aliphatic rings. The van der Waals surface area contributed by atoms with E-state index in [-0.39, 0.29) is 80.8 Å². The molecule has 4 aliphatic heterocycles. The van der Waals surface area contributed by atoms with Crippen molar-refractivity contribution >= 4 is 75.2 Å². The Morgan fingerprint density at radius 3 is 1.54 bits per heavy atom. The number of carbonyl (C=O) groups excluding carboxylic acids is 7. The van der Waals surface area contributed by atoms with E-state index in [4.69, 9.17) is 9.05 Å². The lowest BCUT2D eigenvalue weighted by atomic mass is 9.98. The van der Waals surface area contributed by atoms with Gasteiger partial charge >= 0.3 is 0 Å². The number of Topliss-reactive ketones (excluding diaryl/α,β-unsaturated/α-hetero) is 1. The van der Waals surface area contributed by atoms with Gasteiger partial charge in [-0.2, -0.15) is 0 Å². The molecule has 0 bridgehead atoms. The van der Waals surface area contributed by atoms with Gasteiger partial charge in [0.1, 0.15) is 35.2 Å². The number of aliphatic hydroxyl groups is 4. The van der Waals surface area contributed by atoms with Gasteiger partial charge in [0.2, 0.25) is 29.5 Å². The number of hydrogen-bond acceptors (Lipinski definition) is 21. The number of thiazole rings is 3. The second-order valence-corrected chi connectivity index (χ2v) is 30.4. The topological polar surface area (TPSA) is 328 Å². The van der Waals surface area contributed by atoms with Crippen molar-refractivity contribution in [2.24, 2.45) is 5.92 Å². The van der Waals surface area contributed by atoms with Crippen molar-refractivity contribution in [2.45, 2.75) is 174 Å². The lowest BCUT2D eigenvalue weighted by Crippen LogP contribution is -2.55. The first-order valence-corrected chi connectivity index (χ1v) is 37.9. The number of aromatic nitrogens is 5. The third-order valence-corrected chi connectivity index (χ3v) is 22.7. The molecule has 5 aromatic heterocycles. The van der Waals surface area contributed by atoms with Crippen LogP contribution in [0.5, 0.6) is 0 Å². The molecular weight excluding hydrogens is 1400 g/mol. The van der Waals surface area contributed by atoms with Crippen LogP contribution in [0.2, 0.25) is 0 Å². The molecule has 552 valence electrons. The van der Waals surface area contributed by atoms with Gasteiger partial charge in [0.15, 0.2) is 5.78 Å². The molecule has 0 unspecified atom stereocenters. The molecule has 24 nitrogen and oxygen atoms in total. The molecule has 9 heterocycles. The summed E-state index contributed by atoms with van der Waals surface area (Å²) in [6.07, 6.45) is 0.408. The Hall–Kier alpha value is -9.48. The Kier molecular flexibility index (Phi) is 24.6. The van der Waals surface area contributed by atoms with E-state index in [1.807, 2.05) is 131 Å². The van der Waals surface area contributed by atoms with Crippen molar-refractivity contribution in [1.29, 1.82) is 0 Å². The average molecular weight is 1480 g/mol. The second kappa shape index (κ2) is 33.7. The Labute approximate surface area is 621 Å². The van der Waals surface area contributed by atoms with Gasteiger partial charge in [-0.05, 0) is 105 Å². The zero-order valence-electron chi connectivity index (χ0n) is 60.2. The Balaban J connectivity index is 0.000000159. The van der Waals surface area contributed by atoms with E-state index >= 15 is 0 Å². The summed E-state index contributed by atoms with van der Waals surface area (Å²) in [6.45, 7) is 17.3. The van der Waals surface area contributed by atoms with Gasteiger partial charge in [0.05, 0.1) is 103 Å². The first kappa shape index (κ1) is 76.6. The second-order valence-electron chi connectivity index (χ2n) is 27.9. The normalized spacial score (nSPS) is 19.9. The summed E-state index contributed by atoms with van der Waals surface area (Å²) < 4.78 is 10.5. The lowest BCUT2D eigenvalue weighted by Gasteiger charge is -2.35. The maximum Gasteiger partial charge on any atom is 0.255 e. The highest BCUT2D eigenvalue weighted by Gasteiger charge is 2.51. The number of carbonyl (C=O) groups is 7. The zero-order valence-corrected chi connectivity index (χ0v) is 62.7. The summed E-state index contributed by atoms with van der Waals surface area (Å²) in [6, 6.07) is 31.6. The summed E-state index contributed by atoms with van der Waals surface area (Å²) in [5.41, 5.74) is 15.8. The molecule has 6 amide bonds. The van der Waals surface area contributed by atoms with Crippen molar-refractivity contribution in [3.05, 3.63) is 194 Å². The number of aliphatic hydroxyl groups excluding tert-OH is 3. The summed E-state index contributed by atoms with van der Waals surface area (Å²) >= 11 is 4.78. The molecule has 9 aromatic rings. The fourth-order valence-corrected chi connectivity index (χ4v) is 16.5. The highest BCUT2D eigenvalue weighted by atomic mass is 32.1. The van der Waals surface area contributed by atoms with E-state index in [9.17, 15) is 54.0 Å². The highest BCUT2D eigenvalue weighted by molar-refractivity contribution is 7.14. The molecule has 0 aliphatic carbocycles. The average Bonchev–Trinajstić information content (AvgIpc) is 1.62. The highest BCUT2D eigenvalue weighted by Crippen LogP contribution is 2.36. The first-order chi connectivity index (χ1) is 50.3. The van der Waals surface area contributed by atoms with Gasteiger partial charge in [-0.1, -0.05) is 122 Å². The maximum atomic E-state index is 14.0. The van der Waals surface area contributed by atoms with Crippen LogP contribution in [0.15, 0.2) is 135 Å². The maximum absolute atomic E-state index is 14.0. The monoisotopic (exact) mass is 1480 g/mol. The van der Waals surface area contributed by atoms with E-state index < -0.39 is 72.2 Å². The van der Waals surface area contributed by atoms with Crippen molar-refractivity contribution in [3.8, 4) is 31.3 Å². The lowest BCUT2D eigenvalue weighted by molar-refractivity contribution is -0.143. The van der Waals surface area contributed by atoms with Crippen molar-refractivity contribution in [3.63, 3.8) is 0 Å². The van der Waals surface area contributed by atoms with Crippen molar-refractivity contribution in [2.75, 3.05) is 26.2 Å². The van der Waals surface area contributed by atoms with E-state index in [1.54, 1.807) is 83.9 Å². The quantitative estimate of drug-likeness (QED) is 0.0368. The van der Waals surface area contributed by atoms with Gasteiger partial charge in [0.25, 0.3) is 5.91 Å².